The predicted molar refractivity (Wildman–Crippen MR) is 186 cm³/mol. The van der Waals surface area contributed by atoms with Crippen molar-refractivity contribution in [3.63, 3.8) is 0 Å². The molecule has 0 bridgehead atoms. The Labute approximate surface area is 284 Å². The van der Waals surface area contributed by atoms with E-state index in [2.05, 4.69) is 22.9 Å². The number of benzene rings is 3. The van der Waals surface area contributed by atoms with Gasteiger partial charge in [-0.15, -0.1) is 5.10 Å². The number of nitrogens with one attached hydrogen (secondary N) is 2. The number of hydrogen-bond donors (Lipinski definition) is 4. The summed E-state index contributed by atoms with van der Waals surface area (Å²) >= 11 is 0. The number of hydrogen-bond acceptors (Lipinski definition) is 7. The Morgan fingerprint density at radius 1 is 1.06 bits per heavy atom. The Kier molecular flexibility index (Phi) is 7.99. The van der Waals surface area contributed by atoms with Gasteiger partial charge in [-0.05, 0) is 110 Å². The van der Waals surface area contributed by atoms with Gasteiger partial charge < -0.3 is 21.7 Å². The second-order valence-electron chi connectivity index (χ2n) is 13.8. The Morgan fingerprint density at radius 3 is 2.35 bits per heavy atom. The highest BCUT2D eigenvalue weighted by Gasteiger charge is 2.54. The molecule has 250 valence electrons. The number of nitrogens with zero attached hydrogens (tertiary/aromatic N) is 4. The summed E-state index contributed by atoms with van der Waals surface area (Å²) in [5.74, 6) is 0.235. The van der Waals surface area contributed by atoms with Gasteiger partial charge >= 0.3 is 5.69 Å². The van der Waals surface area contributed by atoms with E-state index < -0.39 is 17.0 Å². The van der Waals surface area contributed by atoms with Gasteiger partial charge in [0, 0.05) is 23.3 Å². The van der Waals surface area contributed by atoms with Crippen LogP contribution in [-0.2, 0) is 23.1 Å². The number of aromatic amines is 1. The van der Waals surface area contributed by atoms with Crippen molar-refractivity contribution in [2.24, 2.45) is 17.4 Å². The lowest BCUT2D eigenvalue weighted by Gasteiger charge is -2.37. The number of likely N-dealkylation sites (tertiary alicyclic amines) is 1. The van der Waals surface area contributed by atoms with Crippen LogP contribution >= 0.6 is 0 Å². The normalized spacial score (nSPS) is 22.6. The van der Waals surface area contributed by atoms with Crippen LogP contribution < -0.4 is 22.5 Å². The van der Waals surface area contributed by atoms with E-state index in [1.807, 2.05) is 68.4 Å². The molecule has 4 aromatic rings. The van der Waals surface area contributed by atoms with E-state index in [1.54, 1.807) is 11.0 Å². The molecule has 1 aliphatic heterocycles. The molecule has 3 aliphatic rings. The van der Waals surface area contributed by atoms with Gasteiger partial charge in [-0.1, -0.05) is 42.5 Å². The molecule has 11 nitrogen and oxygen atoms in total. The lowest BCUT2D eigenvalue weighted by atomic mass is 9.67. The minimum absolute atomic E-state index is 0.0687. The van der Waals surface area contributed by atoms with E-state index in [4.69, 9.17) is 16.6 Å². The number of fused-ring (bicyclic) bond motifs is 3. The zero-order chi connectivity index (χ0) is 34.6. The molecule has 2 unspecified atom stereocenters. The Hall–Kier alpha value is -5.47. The Morgan fingerprint density at radius 2 is 1.71 bits per heavy atom. The van der Waals surface area contributed by atoms with Crippen molar-refractivity contribution in [1.29, 1.82) is 5.26 Å². The van der Waals surface area contributed by atoms with E-state index in [0.29, 0.717) is 48.0 Å². The summed E-state index contributed by atoms with van der Waals surface area (Å²) in [5.41, 5.74) is 17.5. The van der Waals surface area contributed by atoms with E-state index in [9.17, 15) is 19.6 Å². The number of aryl methyl sites for hydroxylation is 3. The van der Waals surface area contributed by atoms with Crippen LogP contribution in [0.15, 0.2) is 72.0 Å². The van der Waals surface area contributed by atoms with Gasteiger partial charge in [-0.3, -0.25) is 14.6 Å². The highest BCUT2D eigenvalue weighted by Crippen LogP contribution is 2.48. The van der Waals surface area contributed by atoms with Gasteiger partial charge in [0.25, 0.3) is 0 Å². The number of nitriles is 1. The number of nitrogens with two attached hydrogens (primary N) is 2. The summed E-state index contributed by atoms with van der Waals surface area (Å²) in [7, 11) is 0. The highest BCUT2D eigenvalue weighted by molar-refractivity contribution is 5.93. The van der Waals surface area contributed by atoms with E-state index in [0.717, 1.165) is 46.2 Å². The van der Waals surface area contributed by atoms with Crippen LogP contribution in [0.3, 0.4) is 0 Å². The van der Waals surface area contributed by atoms with Gasteiger partial charge in [-0.2, -0.15) is 9.94 Å². The highest BCUT2D eigenvalue weighted by atomic mass is 16.2. The van der Waals surface area contributed by atoms with Crippen molar-refractivity contribution in [3.05, 3.63) is 122 Å². The first-order valence-electron chi connectivity index (χ1n) is 16.7. The molecule has 7 rings (SSSR count). The maximum atomic E-state index is 13.7. The zero-order valence-electron chi connectivity index (χ0n) is 27.7. The van der Waals surface area contributed by atoms with Crippen molar-refractivity contribution in [2.75, 3.05) is 6.54 Å². The lowest BCUT2D eigenvalue weighted by molar-refractivity contribution is -0.131. The molecule has 0 spiro atoms. The van der Waals surface area contributed by atoms with Crippen LogP contribution in [0.4, 0.5) is 0 Å². The van der Waals surface area contributed by atoms with Gasteiger partial charge in [0.05, 0.1) is 23.7 Å². The molecule has 2 amide bonds. The summed E-state index contributed by atoms with van der Waals surface area (Å²) in [6, 6.07) is 20.8. The predicted octanol–water partition coefficient (Wildman–Crippen LogP) is 3.21. The maximum Gasteiger partial charge on any atom is 0.348 e. The monoisotopic (exact) mass is 656 g/mol. The molecule has 11 heteroatoms. The smallest absolute Gasteiger partial charge is 0.348 e. The zero-order valence-corrected chi connectivity index (χ0v) is 27.7. The van der Waals surface area contributed by atoms with Crippen molar-refractivity contribution in [2.45, 2.75) is 69.5 Å². The van der Waals surface area contributed by atoms with Gasteiger partial charge in [0.2, 0.25) is 11.8 Å². The summed E-state index contributed by atoms with van der Waals surface area (Å²) in [6.07, 6.45) is 3.32. The van der Waals surface area contributed by atoms with Crippen molar-refractivity contribution < 1.29 is 9.59 Å². The summed E-state index contributed by atoms with van der Waals surface area (Å²) < 4.78 is 1.37. The average Bonchev–Trinajstić information content (AvgIpc) is 3.62. The first-order valence-corrected chi connectivity index (χ1v) is 16.7. The fraction of sp³-hybridized carbons (Fsp3) is 0.342. The van der Waals surface area contributed by atoms with Crippen LogP contribution in [0.1, 0.15) is 75.7 Å². The average molecular weight is 657 g/mol. The number of rotatable bonds is 9. The number of H-pyrrole nitrogens is 1. The topological polar surface area (TPSA) is 176 Å². The van der Waals surface area contributed by atoms with Crippen LogP contribution in [0, 0.1) is 24.2 Å². The third kappa shape index (κ3) is 5.62. The SMILES string of the molecule is C=C(N)c1ccc2c(c1)CCc1cc(C(N)=O)ccc1C2(C[C@@H](C)NCC(=O)N1C(C#N)C[C@@H]2C[C@@H]21)c1nn(-c2ccc(C)cc2)c(=O)[nH]1. The molecule has 6 N–H and O–H groups in total. The van der Waals surface area contributed by atoms with Crippen LogP contribution in [0.25, 0.3) is 11.4 Å². The molecule has 49 heavy (non-hydrogen) atoms. The number of carbonyl (C=O) groups excluding carboxylic acids is 2. The number of carbonyl (C=O) groups is 2. The fourth-order valence-corrected chi connectivity index (χ4v) is 7.97. The van der Waals surface area contributed by atoms with Gasteiger partial charge in [0.1, 0.15) is 11.9 Å². The quantitative estimate of drug-likeness (QED) is 0.214. The third-order valence-electron chi connectivity index (χ3n) is 10.5. The first kappa shape index (κ1) is 32.1. The maximum absolute atomic E-state index is 13.7. The van der Waals surface area contributed by atoms with Crippen LogP contribution in [0.5, 0.6) is 0 Å². The Balaban J connectivity index is 1.37. The molecule has 5 atom stereocenters. The number of amides is 2. The van der Waals surface area contributed by atoms with Crippen LogP contribution in [-0.4, -0.2) is 56.1 Å². The van der Waals surface area contributed by atoms with Crippen molar-refractivity contribution >= 4 is 17.5 Å². The van der Waals surface area contributed by atoms with Gasteiger partial charge in [0.15, 0.2) is 0 Å². The molecular formula is C38H40N8O3. The molecule has 2 aliphatic carbocycles. The van der Waals surface area contributed by atoms with E-state index in [-0.39, 0.29) is 30.6 Å². The third-order valence-corrected chi connectivity index (χ3v) is 10.5. The van der Waals surface area contributed by atoms with Gasteiger partial charge in [-0.25, -0.2) is 4.79 Å². The molecule has 1 saturated heterocycles. The fourth-order valence-electron chi connectivity index (χ4n) is 7.97. The van der Waals surface area contributed by atoms with Crippen molar-refractivity contribution in [1.82, 2.24) is 25.0 Å². The molecule has 0 radical (unpaired) electrons. The second kappa shape index (κ2) is 12.2. The molecule has 3 aromatic carbocycles. The number of aromatic nitrogens is 3. The molecule has 2 heterocycles. The standard InChI is InChI=1S/C38H40N8O3/c1-21-4-10-29(11-5-21)46-37(49)43-36(44-46)38(18-22(2)42-20-34(47)45-30(19-39)16-28-17-33(28)45)31-12-8-24(23(3)40)14-25(31)6-7-26-15-27(35(41)48)9-13-32(26)38/h4-5,8-15,22,28,30,33,42H,3,6-7,16-18,20,40H2,1-2H3,(H2,41,48)(H,43,44,49)/t22-,28-,30?,33+,38?/m1/s1. The summed E-state index contributed by atoms with van der Waals surface area (Å²) in [4.78, 5) is 44.4. The summed E-state index contributed by atoms with van der Waals surface area (Å²) in [6.45, 7) is 8.01. The molecular weight excluding hydrogens is 616 g/mol. The summed E-state index contributed by atoms with van der Waals surface area (Å²) in [5, 5.41) is 18.1. The second-order valence-corrected chi connectivity index (χ2v) is 13.8. The van der Waals surface area contributed by atoms with Crippen molar-refractivity contribution in [3.8, 4) is 11.8 Å². The molecule has 1 aromatic heterocycles. The number of primary amides is 1. The number of piperidine rings is 1. The lowest BCUT2D eigenvalue weighted by Crippen LogP contribution is -2.46. The molecule has 2 fully saturated rings. The first-order chi connectivity index (χ1) is 23.5. The minimum Gasteiger partial charge on any atom is -0.399 e. The minimum atomic E-state index is -1.03. The largest absolute Gasteiger partial charge is 0.399 e. The Bertz CT molecular complexity index is 2020. The van der Waals surface area contributed by atoms with Crippen LogP contribution in [0.2, 0.25) is 0 Å². The molecule has 1 saturated carbocycles. The van der Waals surface area contributed by atoms with E-state index in [1.165, 1.54) is 4.68 Å². The van der Waals surface area contributed by atoms with E-state index >= 15 is 0 Å².